The van der Waals surface area contributed by atoms with Crippen LogP contribution < -0.4 is 10.1 Å². The molecule has 0 aromatic heterocycles. The van der Waals surface area contributed by atoms with Gasteiger partial charge in [0.2, 0.25) is 5.91 Å². The van der Waals surface area contributed by atoms with E-state index in [9.17, 15) is 9.18 Å². The Kier molecular flexibility index (Phi) is 6.37. The van der Waals surface area contributed by atoms with Crippen molar-refractivity contribution >= 4 is 5.91 Å². The number of hydrogen-bond acceptors (Lipinski definition) is 5. The molecule has 20 heavy (non-hydrogen) atoms. The minimum absolute atomic E-state index is 0.00759. The van der Waals surface area contributed by atoms with Crippen LogP contribution in [0.2, 0.25) is 0 Å². The van der Waals surface area contributed by atoms with E-state index in [1.165, 1.54) is 18.2 Å². The first-order chi connectivity index (χ1) is 9.55. The number of hydrogen-bond donors (Lipinski definition) is 4. The van der Waals surface area contributed by atoms with Crippen LogP contribution in [-0.2, 0) is 4.79 Å². The Labute approximate surface area is 115 Å². The van der Waals surface area contributed by atoms with Crippen molar-refractivity contribution in [1.82, 2.24) is 5.32 Å². The van der Waals surface area contributed by atoms with Crippen molar-refractivity contribution in [1.29, 1.82) is 0 Å². The van der Waals surface area contributed by atoms with E-state index < -0.39 is 37.1 Å². The summed E-state index contributed by atoms with van der Waals surface area (Å²) in [4.78, 5) is 11.6. The Morgan fingerprint density at radius 1 is 1.25 bits per heavy atom. The van der Waals surface area contributed by atoms with Crippen LogP contribution in [0, 0.1) is 5.82 Å². The fourth-order valence-corrected chi connectivity index (χ4v) is 1.45. The van der Waals surface area contributed by atoms with Gasteiger partial charge < -0.3 is 25.4 Å². The molecule has 1 aromatic carbocycles. The second-order valence-electron chi connectivity index (χ2n) is 4.36. The average Bonchev–Trinajstić information content (AvgIpc) is 2.45. The van der Waals surface area contributed by atoms with Crippen LogP contribution >= 0.6 is 0 Å². The lowest BCUT2D eigenvalue weighted by molar-refractivity contribution is -0.125. The van der Waals surface area contributed by atoms with Gasteiger partial charge in [-0.15, -0.1) is 0 Å². The predicted molar refractivity (Wildman–Crippen MR) is 68.6 cm³/mol. The maximum atomic E-state index is 12.9. The van der Waals surface area contributed by atoms with Gasteiger partial charge in [0, 0.05) is 6.07 Å². The van der Waals surface area contributed by atoms with Crippen LogP contribution in [0.15, 0.2) is 24.3 Å². The van der Waals surface area contributed by atoms with E-state index in [1.54, 1.807) is 6.07 Å². The summed E-state index contributed by atoms with van der Waals surface area (Å²) >= 11 is 0. The molecule has 0 aliphatic carbocycles. The maximum absolute atomic E-state index is 12.9. The van der Waals surface area contributed by atoms with Crippen LogP contribution in [-0.4, -0.2) is 53.2 Å². The topological polar surface area (TPSA) is 99.0 Å². The zero-order valence-corrected chi connectivity index (χ0v) is 10.9. The molecule has 0 fully saturated rings. The number of ether oxygens (including phenoxy) is 1. The molecule has 112 valence electrons. The lowest BCUT2D eigenvalue weighted by Crippen LogP contribution is -2.57. The molecule has 0 saturated carbocycles. The van der Waals surface area contributed by atoms with Gasteiger partial charge >= 0.3 is 0 Å². The number of rotatable bonds is 8. The summed E-state index contributed by atoms with van der Waals surface area (Å²) in [6, 6.07) is 5.51. The molecule has 0 unspecified atom stereocenters. The number of aliphatic hydroxyl groups is 3. The number of nitrogens with one attached hydrogen (secondary N) is 1. The van der Waals surface area contributed by atoms with Gasteiger partial charge in [0.1, 0.15) is 17.1 Å². The summed E-state index contributed by atoms with van der Waals surface area (Å²) in [6.45, 7) is -1.75. The van der Waals surface area contributed by atoms with E-state index >= 15 is 0 Å². The van der Waals surface area contributed by atoms with Gasteiger partial charge in [-0.1, -0.05) is 6.07 Å². The first kappa shape index (κ1) is 16.4. The average molecular weight is 287 g/mol. The Morgan fingerprint density at radius 2 is 1.90 bits per heavy atom. The van der Waals surface area contributed by atoms with Crippen LogP contribution in [0.4, 0.5) is 4.39 Å². The molecule has 7 heteroatoms. The number of halogens is 1. The number of aliphatic hydroxyl groups excluding tert-OH is 3. The van der Waals surface area contributed by atoms with Crippen LogP contribution in [0.1, 0.15) is 6.42 Å². The molecular formula is C13H18FNO5. The van der Waals surface area contributed by atoms with Crippen LogP contribution in [0.5, 0.6) is 5.75 Å². The first-order valence-corrected chi connectivity index (χ1v) is 6.07. The summed E-state index contributed by atoms with van der Waals surface area (Å²) in [5.74, 6) is -0.638. The van der Waals surface area contributed by atoms with Gasteiger partial charge in [-0.3, -0.25) is 4.79 Å². The van der Waals surface area contributed by atoms with E-state index in [0.717, 1.165) is 0 Å². The fourth-order valence-electron chi connectivity index (χ4n) is 1.45. The van der Waals surface area contributed by atoms with E-state index in [2.05, 4.69) is 5.32 Å². The quantitative estimate of drug-likeness (QED) is 0.513. The lowest BCUT2D eigenvalue weighted by atomic mass is 10.0. The Morgan fingerprint density at radius 3 is 2.45 bits per heavy atom. The number of benzene rings is 1. The zero-order valence-electron chi connectivity index (χ0n) is 10.9. The van der Waals surface area contributed by atoms with Crippen molar-refractivity contribution in [3.8, 4) is 5.75 Å². The van der Waals surface area contributed by atoms with Gasteiger partial charge in [0.15, 0.2) is 0 Å². The van der Waals surface area contributed by atoms with Crippen molar-refractivity contribution in [2.24, 2.45) is 0 Å². The van der Waals surface area contributed by atoms with E-state index in [1.807, 2.05) is 0 Å². The van der Waals surface area contributed by atoms with Gasteiger partial charge in [0.25, 0.3) is 0 Å². The largest absolute Gasteiger partial charge is 0.493 e. The Hall–Kier alpha value is -1.70. The molecule has 0 aliphatic heterocycles. The smallest absolute Gasteiger partial charge is 0.224 e. The number of amides is 1. The SMILES string of the molecule is O=C(CCOc1cccc(F)c1)NC(CO)(CO)CO. The van der Waals surface area contributed by atoms with E-state index in [0.29, 0.717) is 5.75 Å². The molecule has 0 aliphatic rings. The highest BCUT2D eigenvalue weighted by Crippen LogP contribution is 2.12. The van der Waals surface area contributed by atoms with Crippen LogP contribution in [0.3, 0.4) is 0 Å². The molecule has 0 saturated heterocycles. The predicted octanol–water partition coefficient (Wildman–Crippen LogP) is -0.574. The molecule has 0 bridgehead atoms. The van der Waals surface area contributed by atoms with Gasteiger partial charge in [-0.2, -0.15) is 0 Å². The van der Waals surface area contributed by atoms with Crippen molar-refractivity contribution in [2.45, 2.75) is 12.0 Å². The van der Waals surface area contributed by atoms with Crippen LogP contribution in [0.25, 0.3) is 0 Å². The van der Waals surface area contributed by atoms with Gasteiger partial charge in [0.05, 0.1) is 32.8 Å². The summed E-state index contributed by atoms with van der Waals surface area (Å²) in [7, 11) is 0. The minimum atomic E-state index is -1.45. The van der Waals surface area contributed by atoms with Crippen molar-refractivity contribution in [2.75, 3.05) is 26.4 Å². The molecule has 1 aromatic rings. The molecule has 0 radical (unpaired) electrons. The lowest BCUT2D eigenvalue weighted by Gasteiger charge is -2.28. The van der Waals surface area contributed by atoms with Gasteiger partial charge in [-0.25, -0.2) is 4.39 Å². The first-order valence-electron chi connectivity index (χ1n) is 6.07. The minimum Gasteiger partial charge on any atom is -0.493 e. The summed E-state index contributed by atoms with van der Waals surface area (Å²) in [6.07, 6.45) is -0.0573. The summed E-state index contributed by atoms with van der Waals surface area (Å²) < 4.78 is 18.1. The van der Waals surface area contributed by atoms with Gasteiger partial charge in [-0.05, 0) is 12.1 Å². The molecule has 0 heterocycles. The fraction of sp³-hybridized carbons (Fsp3) is 0.462. The molecule has 1 amide bonds. The van der Waals surface area contributed by atoms with E-state index in [-0.39, 0.29) is 13.0 Å². The third-order valence-corrected chi connectivity index (χ3v) is 2.71. The third-order valence-electron chi connectivity index (χ3n) is 2.71. The Balaban J connectivity index is 2.40. The second kappa shape index (κ2) is 7.78. The zero-order chi connectivity index (χ0) is 15.0. The highest BCUT2D eigenvalue weighted by molar-refractivity contribution is 5.77. The van der Waals surface area contributed by atoms with Crippen molar-refractivity contribution in [3.05, 3.63) is 30.1 Å². The standard InChI is InChI=1S/C13H18FNO5/c14-10-2-1-3-11(6-10)20-5-4-12(19)15-13(7-16,8-17)9-18/h1-3,6,16-18H,4-5,7-9H2,(H,15,19). The highest BCUT2D eigenvalue weighted by atomic mass is 19.1. The van der Waals surface area contributed by atoms with Crippen molar-refractivity contribution < 1.29 is 29.2 Å². The molecule has 0 spiro atoms. The highest BCUT2D eigenvalue weighted by Gasteiger charge is 2.29. The summed E-state index contributed by atoms with van der Waals surface area (Å²) in [5, 5.41) is 29.5. The Bertz CT molecular complexity index is 428. The molecular weight excluding hydrogens is 269 g/mol. The summed E-state index contributed by atoms with van der Waals surface area (Å²) in [5.41, 5.74) is -1.45. The second-order valence-corrected chi connectivity index (χ2v) is 4.36. The monoisotopic (exact) mass is 287 g/mol. The number of carbonyl (C=O) groups is 1. The molecule has 6 nitrogen and oxygen atoms in total. The normalized spacial score (nSPS) is 11.2. The molecule has 1 rings (SSSR count). The molecule has 4 N–H and O–H groups in total. The number of carbonyl (C=O) groups excluding carboxylic acids is 1. The van der Waals surface area contributed by atoms with Crippen molar-refractivity contribution in [3.63, 3.8) is 0 Å². The van der Waals surface area contributed by atoms with E-state index in [4.69, 9.17) is 20.1 Å². The maximum Gasteiger partial charge on any atom is 0.224 e. The third kappa shape index (κ3) is 4.76. The molecule has 0 atom stereocenters.